The first-order valence-corrected chi connectivity index (χ1v) is 8.74. The van der Waals surface area contributed by atoms with Gasteiger partial charge < -0.3 is 10.2 Å². The summed E-state index contributed by atoms with van der Waals surface area (Å²) in [4.78, 5) is 11.2. The number of thiazole rings is 1. The van der Waals surface area contributed by atoms with E-state index >= 15 is 0 Å². The van der Waals surface area contributed by atoms with E-state index in [1.807, 2.05) is 12.1 Å². The number of nitrogens with zero attached hydrogens (tertiary/aromatic N) is 3. The Morgan fingerprint density at radius 1 is 1.04 bits per heavy atom. The molecular formula is C18H18N4S. The van der Waals surface area contributed by atoms with E-state index in [-0.39, 0.29) is 0 Å². The van der Waals surface area contributed by atoms with E-state index in [2.05, 4.69) is 49.8 Å². The molecule has 1 fully saturated rings. The lowest BCUT2D eigenvalue weighted by Crippen LogP contribution is -2.17. The van der Waals surface area contributed by atoms with Crippen molar-refractivity contribution in [3.8, 4) is 11.3 Å². The van der Waals surface area contributed by atoms with Gasteiger partial charge in [-0.15, -0.1) is 11.3 Å². The van der Waals surface area contributed by atoms with Crippen molar-refractivity contribution in [1.29, 1.82) is 0 Å². The maximum absolute atomic E-state index is 4.67. The first-order valence-electron chi connectivity index (χ1n) is 7.86. The Balaban J connectivity index is 1.50. The molecule has 4 nitrogen and oxygen atoms in total. The zero-order valence-electron chi connectivity index (χ0n) is 12.8. The first kappa shape index (κ1) is 14.2. The molecule has 0 amide bonds. The summed E-state index contributed by atoms with van der Waals surface area (Å²) in [6.07, 6.45) is 6.17. The summed E-state index contributed by atoms with van der Waals surface area (Å²) in [5, 5.41) is 6.26. The largest absolute Gasteiger partial charge is 0.372 e. The molecule has 0 spiro atoms. The van der Waals surface area contributed by atoms with Crippen LogP contribution in [0.2, 0.25) is 0 Å². The summed E-state index contributed by atoms with van der Waals surface area (Å²) < 4.78 is 0. The molecule has 0 radical (unpaired) electrons. The third-order valence-corrected chi connectivity index (χ3v) is 4.81. The predicted molar refractivity (Wildman–Crippen MR) is 96.5 cm³/mol. The van der Waals surface area contributed by atoms with Crippen molar-refractivity contribution < 1.29 is 0 Å². The van der Waals surface area contributed by atoms with Crippen LogP contribution >= 0.6 is 11.3 Å². The Morgan fingerprint density at radius 2 is 1.87 bits per heavy atom. The van der Waals surface area contributed by atoms with Crippen LogP contribution < -0.4 is 10.2 Å². The molecule has 1 aromatic carbocycles. The van der Waals surface area contributed by atoms with E-state index in [0.29, 0.717) is 0 Å². The second-order valence-electron chi connectivity index (χ2n) is 5.65. The third kappa shape index (κ3) is 3.19. The van der Waals surface area contributed by atoms with E-state index in [0.717, 1.165) is 22.1 Å². The number of anilines is 3. The maximum Gasteiger partial charge on any atom is 0.187 e. The standard InChI is InChI=1S/C18H18N4S/c1-2-11-22(10-1)16-7-5-14(6-8-16)17-13-23-18(21-17)20-15-4-3-9-19-12-15/h3-9,12-13H,1-2,10-11H2,(H,20,21). The summed E-state index contributed by atoms with van der Waals surface area (Å²) in [6.45, 7) is 2.35. The van der Waals surface area contributed by atoms with Crippen LogP contribution in [0.4, 0.5) is 16.5 Å². The van der Waals surface area contributed by atoms with Crippen molar-refractivity contribution in [3.05, 3.63) is 54.2 Å². The van der Waals surface area contributed by atoms with E-state index in [9.17, 15) is 0 Å². The summed E-state index contributed by atoms with van der Waals surface area (Å²) >= 11 is 1.61. The normalized spacial score (nSPS) is 14.2. The zero-order valence-corrected chi connectivity index (χ0v) is 13.6. The molecule has 1 saturated heterocycles. The highest BCUT2D eigenvalue weighted by molar-refractivity contribution is 7.14. The number of hydrogen-bond acceptors (Lipinski definition) is 5. The smallest absolute Gasteiger partial charge is 0.187 e. The highest BCUT2D eigenvalue weighted by atomic mass is 32.1. The minimum Gasteiger partial charge on any atom is -0.372 e. The Kier molecular flexibility index (Phi) is 3.94. The molecule has 3 heterocycles. The van der Waals surface area contributed by atoms with Gasteiger partial charge in [-0.2, -0.15) is 0 Å². The van der Waals surface area contributed by atoms with Gasteiger partial charge in [0.15, 0.2) is 5.13 Å². The quantitative estimate of drug-likeness (QED) is 0.765. The minimum absolute atomic E-state index is 0.886. The fourth-order valence-corrected chi connectivity index (χ4v) is 3.58. The topological polar surface area (TPSA) is 41.1 Å². The molecule has 1 N–H and O–H groups in total. The molecule has 3 aromatic rings. The first-order chi connectivity index (χ1) is 11.4. The molecule has 116 valence electrons. The van der Waals surface area contributed by atoms with Gasteiger partial charge in [0, 0.05) is 35.9 Å². The van der Waals surface area contributed by atoms with Crippen molar-refractivity contribution in [2.24, 2.45) is 0 Å². The van der Waals surface area contributed by atoms with Crippen molar-refractivity contribution in [1.82, 2.24) is 9.97 Å². The SMILES string of the molecule is c1cncc(Nc2nc(-c3ccc(N4CCCC4)cc3)cs2)c1. The van der Waals surface area contributed by atoms with Crippen LogP contribution in [0, 0.1) is 0 Å². The Hall–Kier alpha value is -2.40. The number of pyridine rings is 1. The van der Waals surface area contributed by atoms with Crippen LogP contribution in [0.3, 0.4) is 0 Å². The summed E-state index contributed by atoms with van der Waals surface area (Å²) in [7, 11) is 0. The van der Waals surface area contributed by atoms with E-state index in [4.69, 9.17) is 0 Å². The van der Waals surface area contributed by atoms with Gasteiger partial charge in [-0.05, 0) is 37.1 Å². The lowest BCUT2D eigenvalue weighted by atomic mass is 10.1. The fourth-order valence-electron chi connectivity index (χ4n) is 2.84. The second kappa shape index (κ2) is 6.38. The number of aromatic nitrogens is 2. The van der Waals surface area contributed by atoms with Crippen LogP contribution in [0.25, 0.3) is 11.3 Å². The van der Waals surface area contributed by atoms with Gasteiger partial charge >= 0.3 is 0 Å². The highest BCUT2D eigenvalue weighted by Crippen LogP contribution is 2.29. The molecule has 1 aliphatic rings. The van der Waals surface area contributed by atoms with Crippen molar-refractivity contribution in [2.45, 2.75) is 12.8 Å². The monoisotopic (exact) mass is 322 g/mol. The summed E-state index contributed by atoms with van der Waals surface area (Å²) in [5.41, 5.74) is 4.44. The lowest BCUT2D eigenvalue weighted by molar-refractivity contribution is 0.949. The lowest BCUT2D eigenvalue weighted by Gasteiger charge is -2.17. The fraction of sp³-hybridized carbons (Fsp3) is 0.222. The molecule has 0 atom stereocenters. The molecular weight excluding hydrogens is 304 g/mol. The van der Waals surface area contributed by atoms with Gasteiger partial charge in [-0.1, -0.05) is 12.1 Å². The van der Waals surface area contributed by atoms with Crippen LogP contribution in [-0.4, -0.2) is 23.1 Å². The van der Waals surface area contributed by atoms with Crippen LogP contribution in [0.1, 0.15) is 12.8 Å². The molecule has 2 aromatic heterocycles. The number of hydrogen-bond donors (Lipinski definition) is 1. The molecule has 1 aliphatic heterocycles. The zero-order chi connectivity index (χ0) is 15.5. The van der Waals surface area contributed by atoms with Gasteiger partial charge in [-0.25, -0.2) is 4.98 Å². The third-order valence-electron chi connectivity index (χ3n) is 4.05. The Morgan fingerprint density at radius 3 is 2.61 bits per heavy atom. The molecule has 23 heavy (non-hydrogen) atoms. The Bertz CT molecular complexity index is 761. The highest BCUT2D eigenvalue weighted by Gasteiger charge is 2.12. The van der Waals surface area contributed by atoms with Crippen molar-refractivity contribution in [2.75, 3.05) is 23.3 Å². The van der Waals surface area contributed by atoms with Crippen LogP contribution in [0.5, 0.6) is 0 Å². The minimum atomic E-state index is 0.886. The van der Waals surface area contributed by atoms with E-state index < -0.39 is 0 Å². The van der Waals surface area contributed by atoms with Crippen molar-refractivity contribution >= 4 is 27.8 Å². The van der Waals surface area contributed by atoms with Gasteiger partial charge in [-0.3, -0.25) is 4.98 Å². The number of benzene rings is 1. The maximum atomic E-state index is 4.67. The average Bonchev–Trinajstić information content (AvgIpc) is 3.28. The molecule has 0 unspecified atom stereocenters. The summed E-state index contributed by atoms with van der Waals surface area (Å²) in [5.74, 6) is 0. The van der Waals surface area contributed by atoms with E-state index in [1.54, 1.807) is 23.7 Å². The molecule has 0 saturated carbocycles. The Labute approximate surface area is 139 Å². The van der Waals surface area contributed by atoms with Gasteiger partial charge in [0.05, 0.1) is 17.6 Å². The molecule has 5 heteroatoms. The van der Waals surface area contributed by atoms with Gasteiger partial charge in [0.1, 0.15) is 0 Å². The molecule has 0 aliphatic carbocycles. The van der Waals surface area contributed by atoms with E-state index in [1.165, 1.54) is 31.6 Å². The average molecular weight is 322 g/mol. The van der Waals surface area contributed by atoms with Crippen LogP contribution in [0.15, 0.2) is 54.2 Å². The number of rotatable bonds is 4. The van der Waals surface area contributed by atoms with Crippen LogP contribution in [-0.2, 0) is 0 Å². The van der Waals surface area contributed by atoms with Gasteiger partial charge in [0.2, 0.25) is 0 Å². The molecule has 4 rings (SSSR count). The number of nitrogens with one attached hydrogen (secondary N) is 1. The van der Waals surface area contributed by atoms with Crippen molar-refractivity contribution in [3.63, 3.8) is 0 Å². The predicted octanol–water partition coefficient (Wildman–Crippen LogP) is 4.55. The van der Waals surface area contributed by atoms with Gasteiger partial charge in [0.25, 0.3) is 0 Å². The second-order valence-corrected chi connectivity index (χ2v) is 6.50. The summed E-state index contributed by atoms with van der Waals surface area (Å²) in [6, 6.07) is 12.6. The molecule has 0 bridgehead atoms.